The number of allylic oxidation sites excluding steroid dienone is 1. The number of hydrogen-bond donors (Lipinski definition) is 2. The lowest BCUT2D eigenvalue weighted by molar-refractivity contribution is -0.117. The lowest BCUT2D eigenvalue weighted by atomic mass is 9.86. The van der Waals surface area contributed by atoms with Crippen molar-refractivity contribution in [3.05, 3.63) is 11.6 Å². The van der Waals surface area contributed by atoms with E-state index in [1.165, 1.54) is 18.4 Å². The second-order valence-electron chi connectivity index (χ2n) is 6.39. The molecule has 108 valence electrons. The highest BCUT2D eigenvalue weighted by atomic mass is 16.3. The number of carbonyl (C=O) groups excluding carboxylic acids is 1. The molecule has 2 rings (SSSR count). The van der Waals surface area contributed by atoms with E-state index >= 15 is 0 Å². The molecule has 0 aromatic rings. The van der Waals surface area contributed by atoms with Crippen molar-refractivity contribution in [3.63, 3.8) is 0 Å². The van der Waals surface area contributed by atoms with Crippen LogP contribution in [0.2, 0.25) is 0 Å². The second kappa shape index (κ2) is 7.09. The molecule has 2 fully saturated rings. The van der Waals surface area contributed by atoms with E-state index in [1.807, 2.05) is 6.08 Å². The highest BCUT2D eigenvalue weighted by Crippen LogP contribution is 2.27. The van der Waals surface area contributed by atoms with Crippen LogP contribution in [0.3, 0.4) is 0 Å². The van der Waals surface area contributed by atoms with Gasteiger partial charge in [-0.2, -0.15) is 0 Å². The minimum Gasteiger partial charge on any atom is -0.396 e. The normalized spacial score (nSPS) is 31.9. The van der Waals surface area contributed by atoms with E-state index in [2.05, 4.69) is 12.2 Å². The number of amides is 1. The Labute approximate surface area is 116 Å². The molecule has 0 aliphatic heterocycles. The van der Waals surface area contributed by atoms with Crippen molar-refractivity contribution in [2.45, 2.75) is 64.3 Å². The molecule has 3 heteroatoms. The van der Waals surface area contributed by atoms with Gasteiger partial charge in [0.15, 0.2) is 0 Å². The summed E-state index contributed by atoms with van der Waals surface area (Å²) in [5.74, 6) is 1.36. The fourth-order valence-electron chi connectivity index (χ4n) is 3.19. The number of nitrogens with one attached hydrogen (secondary N) is 1. The fourth-order valence-corrected chi connectivity index (χ4v) is 3.19. The van der Waals surface area contributed by atoms with Crippen LogP contribution in [0.25, 0.3) is 0 Å². The van der Waals surface area contributed by atoms with Crippen LogP contribution in [0.1, 0.15) is 58.3 Å². The highest BCUT2D eigenvalue weighted by molar-refractivity contribution is 5.88. The van der Waals surface area contributed by atoms with Crippen LogP contribution in [0.5, 0.6) is 0 Å². The van der Waals surface area contributed by atoms with E-state index in [4.69, 9.17) is 5.11 Å². The molecule has 0 heterocycles. The van der Waals surface area contributed by atoms with Gasteiger partial charge in [0.2, 0.25) is 5.91 Å². The zero-order chi connectivity index (χ0) is 13.7. The van der Waals surface area contributed by atoms with E-state index in [0.29, 0.717) is 18.6 Å². The van der Waals surface area contributed by atoms with Crippen LogP contribution < -0.4 is 5.32 Å². The Morgan fingerprint density at radius 1 is 1.21 bits per heavy atom. The third-order valence-corrected chi connectivity index (χ3v) is 4.70. The van der Waals surface area contributed by atoms with Gasteiger partial charge in [0.25, 0.3) is 0 Å². The summed E-state index contributed by atoms with van der Waals surface area (Å²) in [5, 5.41) is 12.2. The largest absolute Gasteiger partial charge is 0.396 e. The molecule has 2 aliphatic carbocycles. The summed E-state index contributed by atoms with van der Waals surface area (Å²) >= 11 is 0. The monoisotopic (exact) mass is 265 g/mol. The first-order valence-corrected chi connectivity index (χ1v) is 7.78. The summed E-state index contributed by atoms with van der Waals surface area (Å²) in [6, 6.07) is 0.315. The maximum absolute atomic E-state index is 12.0. The zero-order valence-electron chi connectivity index (χ0n) is 12.0. The fraction of sp³-hybridized carbons (Fsp3) is 0.812. The topological polar surface area (TPSA) is 49.3 Å². The first-order chi connectivity index (χ1) is 9.17. The van der Waals surface area contributed by atoms with Crippen molar-refractivity contribution in [1.29, 1.82) is 0 Å². The number of aliphatic hydroxyl groups is 1. The van der Waals surface area contributed by atoms with Gasteiger partial charge in [0, 0.05) is 18.7 Å². The molecule has 0 bridgehead atoms. The van der Waals surface area contributed by atoms with Gasteiger partial charge in [-0.1, -0.05) is 12.5 Å². The average Bonchev–Trinajstić information content (AvgIpc) is 2.42. The van der Waals surface area contributed by atoms with Crippen LogP contribution in [-0.4, -0.2) is 23.7 Å². The van der Waals surface area contributed by atoms with Gasteiger partial charge < -0.3 is 10.4 Å². The molecule has 0 aromatic carbocycles. The predicted molar refractivity (Wildman–Crippen MR) is 76.7 cm³/mol. The Bertz CT molecular complexity index is 320. The van der Waals surface area contributed by atoms with Gasteiger partial charge in [0.1, 0.15) is 0 Å². The van der Waals surface area contributed by atoms with Crippen LogP contribution in [0.4, 0.5) is 0 Å². The molecule has 2 aliphatic rings. The van der Waals surface area contributed by atoms with Gasteiger partial charge in [0.05, 0.1) is 0 Å². The Balaban J connectivity index is 1.74. The highest BCUT2D eigenvalue weighted by Gasteiger charge is 2.21. The van der Waals surface area contributed by atoms with Gasteiger partial charge >= 0.3 is 0 Å². The lowest BCUT2D eigenvalue weighted by Crippen LogP contribution is -2.37. The number of carbonyl (C=O) groups is 1. The van der Waals surface area contributed by atoms with E-state index < -0.39 is 0 Å². The standard InChI is InChI=1S/C16H27NO2/c1-12-2-4-13(5-3-12)10-16(19)17-15-8-6-14(11-18)7-9-15/h10,12,14-15,18H,2-9,11H2,1H3,(H,17,19). The first-order valence-electron chi connectivity index (χ1n) is 7.78. The molecule has 0 spiro atoms. The summed E-state index contributed by atoms with van der Waals surface area (Å²) in [6.45, 7) is 2.58. The van der Waals surface area contributed by atoms with Crippen molar-refractivity contribution in [2.75, 3.05) is 6.61 Å². The Kier molecular flexibility index (Phi) is 5.44. The van der Waals surface area contributed by atoms with Gasteiger partial charge in [-0.05, 0) is 63.2 Å². The first kappa shape index (κ1) is 14.6. The van der Waals surface area contributed by atoms with Crippen molar-refractivity contribution >= 4 is 5.91 Å². The lowest BCUT2D eigenvalue weighted by Gasteiger charge is -2.27. The number of rotatable bonds is 3. The molecule has 1 amide bonds. The smallest absolute Gasteiger partial charge is 0.244 e. The molecule has 3 nitrogen and oxygen atoms in total. The minimum absolute atomic E-state index is 0.0944. The molecular weight excluding hydrogens is 238 g/mol. The maximum Gasteiger partial charge on any atom is 0.244 e. The van der Waals surface area contributed by atoms with Gasteiger partial charge in [-0.3, -0.25) is 4.79 Å². The average molecular weight is 265 g/mol. The van der Waals surface area contributed by atoms with E-state index in [9.17, 15) is 4.79 Å². The number of hydrogen-bond acceptors (Lipinski definition) is 2. The van der Waals surface area contributed by atoms with Crippen molar-refractivity contribution in [1.82, 2.24) is 5.32 Å². The quantitative estimate of drug-likeness (QED) is 0.771. The molecule has 0 unspecified atom stereocenters. The van der Waals surface area contributed by atoms with Crippen molar-refractivity contribution in [3.8, 4) is 0 Å². The van der Waals surface area contributed by atoms with Crippen LogP contribution >= 0.6 is 0 Å². The van der Waals surface area contributed by atoms with Gasteiger partial charge in [-0.15, -0.1) is 0 Å². The molecule has 0 aromatic heterocycles. The van der Waals surface area contributed by atoms with Crippen molar-refractivity contribution in [2.24, 2.45) is 11.8 Å². The predicted octanol–water partition coefficient (Wildman–Crippen LogP) is 2.79. The number of aliphatic hydroxyl groups excluding tert-OH is 1. The van der Waals surface area contributed by atoms with Crippen LogP contribution in [0.15, 0.2) is 11.6 Å². The van der Waals surface area contributed by atoms with E-state index in [1.54, 1.807) is 0 Å². The molecule has 0 saturated heterocycles. The molecule has 19 heavy (non-hydrogen) atoms. The SMILES string of the molecule is CC1CCC(=CC(=O)NC2CCC(CO)CC2)CC1. The summed E-state index contributed by atoms with van der Waals surface area (Å²) in [7, 11) is 0. The summed E-state index contributed by atoms with van der Waals surface area (Å²) in [4.78, 5) is 12.0. The third kappa shape index (κ3) is 4.64. The molecule has 2 saturated carbocycles. The van der Waals surface area contributed by atoms with Gasteiger partial charge in [-0.25, -0.2) is 0 Å². The van der Waals surface area contributed by atoms with Crippen molar-refractivity contribution < 1.29 is 9.90 Å². The molecule has 2 N–H and O–H groups in total. The summed E-state index contributed by atoms with van der Waals surface area (Å²) in [6.07, 6.45) is 10.6. The third-order valence-electron chi connectivity index (χ3n) is 4.70. The summed E-state index contributed by atoms with van der Waals surface area (Å²) in [5.41, 5.74) is 1.32. The van der Waals surface area contributed by atoms with E-state index in [0.717, 1.165) is 44.4 Å². The molecule has 0 atom stereocenters. The zero-order valence-corrected chi connectivity index (χ0v) is 12.0. The van der Waals surface area contributed by atoms with Crippen LogP contribution in [0, 0.1) is 11.8 Å². The molecule has 0 radical (unpaired) electrons. The Morgan fingerprint density at radius 3 is 2.42 bits per heavy atom. The summed E-state index contributed by atoms with van der Waals surface area (Å²) < 4.78 is 0. The van der Waals surface area contributed by atoms with Crippen LogP contribution in [-0.2, 0) is 4.79 Å². The Hall–Kier alpha value is -0.830. The second-order valence-corrected chi connectivity index (χ2v) is 6.39. The maximum atomic E-state index is 12.0. The minimum atomic E-state index is 0.0944. The molecular formula is C16H27NO2. The Morgan fingerprint density at radius 2 is 1.84 bits per heavy atom. The van der Waals surface area contributed by atoms with E-state index in [-0.39, 0.29) is 5.91 Å².